The summed E-state index contributed by atoms with van der Waals surface area (Å²) in [5.41, 5.74) is 0.0718. The molecule has 6 nitrogen and oxygen atoms in total. The van der Waals surface area contributed by atoms with E-state index in [0.29, 0.717) is 30.8 Å². The van der Waals surface area contributed by atoms with Gasteiger partial charge in [0.1, 0.15) is 6.54 Å². The highest BCUT2D eigenvalue weighted by Crippen LogP contribution is 2.48. The number of piperidine rings is 1. The fourth-order valence-electron chi connectivity index (χ4n) is 5.61. The average Bonchev–Trinajstić information content (AvgIpc) is 3.34. The SMILES string of the molecule is O=C(Cn1cccn1)NC[C@@]12CCC[C@H]1N(CC1CCCCC1)C(=O)CC2. The van der Waals surface area contributed by atoms with Crippen molar-refractivity contribution in [1.29, 1.82) is 0 Å². The lowest BCUT2D eigenvalue weighted by molar-refractivity contribution is -0.143. The van der Waals surface area contributed by atoms with E-state index in [0.717, 1.165) is 32.2 Å². The lowest BCUT2D eigenvalue weighted by Gasteiger charge is -2.47. The third kappa shape index (κ3) is 4.04. The molecule has 1 N–H and O–H groups in total. The van der Waals surface area contributed by atoms with Gasteiger partial charge in [-0.1, -0.05) is 25.7 Å². The standard InChI is InChI=1S/C21H32N4O2/c26-19(15-24-13-5-12-23-24)22-16-21-10-4-8-18(21)25(20(27)9-11-21)14-17-6-2-1-3-7-17/h5,12-13,17-18H,1-4,6-11,14-16H2,(H,22,26)/t18-,21+/m1/s1. The molecule has 1 aromatic heterocycles. The number of carbonyl (C=O) groups excluding carboxylic acids is 2. The van der Waals surface area contributed by atoms with E-state index in [-0.39, 0.29) is 17.9 Å². The van der Waals surface area contributed by atoms with Crippen molar-refractivity contribution in [2.45, 2.75) is 76.8 Å². The van der Waals surface area contributed by atoms with Gasteiger partial charge in [0.05, 0.1) is 0 Å². The number of amides is 2. The van der Waals surface area contributed by atoms with Gasteiger partial charge in [0.15, 0.2) is 0 Å². The number of fused-ring (bicyclic) bond motifs is 1. The fourth-order valence-corrected chi connectivity index (χ4v) is 5.61. The Morgan fingerprint density at radius 2 is 2.04 bits per heavy atom. The van der Waals surface area contributed by atoms with Crippen LogP contribution < -0.4 is 5.32 Å². The van der Waals surface area contributed by atoms with Crippen LogP contribution in [0, 0.1) is 11.3 Å². The molecule has 3 aliphatic rings. The number of rotatable bonds is 6. The zero-order chi connectivity index (χ0) is 18.7. The summed E-state index contributed by atoms with van der Waals surface area (Å²) in [4.78, 5) is 27.3. The molecule has 148 valence electrons. The quantitative estimate of drug-likeness (QED) is 0.835. The topological polar surface area (TPSA) is 67.2 Å². The van der Waals surface area contributed by atoms with E-state index < -0.39 is 0 Å². The summed E-state index contributed by atoms with van der Waals surface area (Å²) in [6, 6.07) is 2.14. The zero-order valence-electron chi connectivity index (χ0n) is 16.2. The molecule has 2 atom stereocenters. The number of hydrogen-bond donors (Lipinski definition) is 1. The molecule has 4 rings (SSSR count). The van der Waals surface area contributed by atoms with E-state index in [1.165, 1.54) is 32.1 Å². The minimum atomic E-state index is 0.00876. The van der Waals surface area contributed by atoms with Crippen LogP contribution in [0.5, 0.6) is 0 Å². The molecule has 0 radical (unpaired) electrons. The zero-order valence-corrected chi connectivity index (χ0v) is 16.2. The normalized spacial score (nSPS) is 29.0. The van der Waals surface area contributed by atoms with E-state index in [4.69, 9.17) is 0 Å². The maximum absolute atomic E-state index is 12.7. The fraction of sp³-hybridized carbons (Fsp3) is 0.762. The van der Waals surface area contributed by atoms with Crippen molar-refractivity contribution in [3.63, 3.8) is 0 Å². The second-order valence-corrected chi connectivity index (χ2v) is 8.80. The summed E-state index contributed by atoms with van der Waals surface area (Å²) in [6.45, 7) is 1.89. The minimum Gasteiger partial charge on any atom is -0.354 e. The largest absolute Gasteiger partial charge is 0.354 e. The van der Waals surface area contributed by atoms with Gasteiger partial charge in [0.2, 0.25) is 11.8 Å². The Morgan fingerprint density at radius 3 is 2.81 bits per heavy atom. The molecule has 27 heavy (non-hydrogen) atoms. The molecule has 1 aromatic rings. The second-order valence-electron chi connectivity index (χ2n) is 8.80. The molecule has 0 unspecified atom stereocenters. The Morgan fingerprint density at radius 1 is 1.19 bits per heavy atom. The van der Waals surface area contributed by atoms with Crippen LogP contribution in [0.4, 0.5) is 0 Å². The summed E-state index contributed by atoms with van der Waals surface area (Å²) in [6.07, 6.45) is 14.9. The van der Waals surface area contributed by atoms with Crippen LogP contribution in [0.1, 0.15) is 64.2 Å². The molecule has 0 spiro atoms. The van der Waals surface area contributed by atoms with Gasteiger partial charge in [0, 0.05) is 43.4 Å². The third-order valence-corrected chi connectivity index (χ3v) is 7.07. The van der Waals surface area contributed by atoms with E-state index >= 15 is 0 Å². The van der Waals surface area contributed by atoms with Crippen molar-refractivity contribution >= 4 is 11.8 Å². The van der Waals surface area contributed by atoms with Crippen LogP contribution >= 0.6 is 0 Å². The Balaban J connectivity index is 1.39. The molecule has 2 aliphatic carbocycles. The number of carbonyl (C=O) groups is 2. The monoisotopic (exact) mass is 372 g/mol. The molecular weight excluding hydrogens is 340 g/mol. The van der Waals surface area contributed by atoms with Gasteiger partial charge < -0.3 is 10.2 Å². The highest BCUT2D eigenvalue weighted by molar-refractivity contribution is 5.78. The summed E-state index contributed by atoms with van der Waals surface area (Å²) < 4.78 is 1.65. The van der Waals surface area contributed by atoms with Crippen LogP contribution in [-0.4, -0.2) is 45.6 Å². The smallest absolute Gasteiger partial charge is 0.241 e. The van der Waals surface area contributed by atoms with E-state index in [1.807, 2.05) is 6.07 Å². The van der Waals surface area contributed by atoms with E-state index in [1.54, 1.807) is 17.1 Å². The van der Waals surface area contributed by atoms with E-state index in [2.05, 4.69) is 15.3 Å². The minimum absolute atomic E-state index is 0.00876. The van der Waals surface area contributed by atoms with Gasteiger partial charge in [-0.15, -0.1) is 0 Å². The molecule has 0 bridgehead atoms. The van der Waals surface area contributed by atoms with Crippen molar-refractivity contribution in [1.82, 2.24) is 20.0 Å². The first-order valence-electron chi connectivity index (χ1n) is 10.7. The van der Waals surface area contributed by atoms with Crippen LogP contribution in [0.25, 0.3) is 0 Å². The molecule has 2 saturated carbocycles. The summed E-state index contributed by atoms with van der Waals surface area (Å²) in [7, 11) is 0. The Bertz CT molecular complexity index is 653. The van der Waals surface area contributed by atoms with Gasteiger partial charge in [-0.05, 0) is 44.1 Å². The molecule has 3 fully saturated rings. The molecule has 0 aromatic carbocycles. The molecule has 1 saturated heterocycles. The van der Waals surface area contributed by atoms with Crippen molar-refractivity contribution < 1.29 is 9.59 Å². The van der Waals surface area contributed by atoms with Crippen molar-refractivity contribution in [3.8, 4) is 0 Å². The van der Waals surface area contributed by atoms with Gasteiger partial charge in [-0.2, -0.15) is 5.10 Å². The first kappa shape index (κ1) is 18.5. The highest BCUT2D eigenvalue weighted by Gasteiger charge is 2.50. The first-order valence-corrected chi connectivity index (χ1v) is 10.7. The summed E-state index contributed by atoms with van der Waals surface area (Å²) >= 11 is 0. The molecular formula is C21H32N4O2. The molecule has 2 heterocycles. The van der Waals surface area contributed by atoms with Gasteiger partial charge in [0.25, 0.3) is 0 Å². The maximum atomic E-state index is 12.7. The van der Waals surface area contributed by atoms with Crippen molar-refractivity contribution in [2.24, 2.45) is 11.3 Å². The number of nitrogens with zero attached hydrogens (tertiary/aromatic N) is 3. The van der Waals surface area contributed by atoms with E-state index in [9.17, 15) is 9.59 Å². The maximum Gasteiger partial charge on any atom is 0.241 e. The van der Waals surface area contributed by atoms with Gasteiger partial charge in [-0.3, -0.25) is 14.3 Å². The van der Waals surface area contributed by atoms with Crippen LogP contribution in [0.15, 0.2) is 18.5 Å². The lowest BCUT2D eigenvalue weighted by atomic mass is 9.74. The summed E-state index contributed by atoms with van der Waals surface area (Å²) in [5.74, 6) is 1.02. The number of aromatic nitrogens is 2. The molecule has 2 amide bonds. The Kier molecular flexibility index (Phi) is 5.50. The van der Waals surface area contributed by atoms with Crippen LogP contribution in [0.2, 0.25) is 0 Å². The molecule has 6 heteroatoms. The highest BCUT2D eigenvalue weighted by atomic mass is 16.2. The predicted molar refractivity (Wildman–Crippen MR) is 103 cm³/mol. The average molecular weight is 373 g/mol. The van der Waals surface area contributed by atoms with Crippen molar-refractivity contribution in [2.75, 3.05) is 13.1 Å². The van der Waals surface area contributed by atoms with Gasteiger partial charge in [-0.25, -0.2) is 0 Å². The van der Waals surface area contributed by atoms with Gasteiger partial charge >= 0.3 is 0 Å². The Hall–Kier alpha value is -1.85. The van der Waals surface area contributed by atoms with Crippen molar-refractivity contribution in [3.05, 3.63) is 18.5 Å². The lowest BCUT2D eigenvalue weighted by Crippen LogP contribution is -2.57. The van der Waals surface area contributed by atoms with Crippen LogP contribution in [-0.2, 0) is 16.1 Å². The summed E-state index contributed by atoms with van der Waals surface area (Å²) in [5, 5.41) is 7.26. The first-order chi connectivity index (χ1) is 13.2. The predicted octanol–water partition coefficient (Wildman–Crippen LogP) is 2.74. The van der Waals surface area contributed by atoms with Crippen LogP contribution in [0.3, 0.4) is 0 Å². The Labute approximate surface area is 161 Å². The second kappa shape index (κ2) is 8.03. The number of likely N-dealkylation sites (tertiary alicyclic amines) is 1. The number of nitrogens with one attached hydrogen (secondary N) is 1. The molecule has 1 aliphatic heterocycles. The number of hydrogen-bond acceptors (Lipinski definition) is 3. The third-order valence-electron chi connectivity index (χ3n) is 7.07.